The molecule has 1 aromatic heterocycles. The first-order valence-corrected chi connectivity index (χ1v) is 8.70. The third kappa shape index (κ3) is 4.60. The maximum absolute atomic E-state index is 6.40. The highest BCUT2D eigenvalue weighted by Gasteiger charge is 2.27. The Bertz CT molecular complexity index is 619. The lowest BCUT2D eigenvalue weighted by Gasteiger charge is -2.32. The minimum atomic E-state index is 0.0106. The van der Waals surface area contributed by atoms with Gasteiger partial charge in [0, 0.05) is 24.2 Å². The van der Waals surface area contributed by atoms with Gasteiger partial charge >= 0.3 is 0 Å². The molecule has 2 aromatic rings. The van der Waals surface area contributed by atoms with Gasteiger partial charge in [0.25, 0.3) is 0 Å². The van der Waals surface area contributed by atoms with Crippen molar-refractivity contribution in [3.05, 3.63) is 58.2 Å². The standard InChI is InChI=1S/C18H23Cl2N3/c1-3-13(12-8-9-14(19)15(20)11-12)18(16(21)4-2)23-17-7-5-6-10-22-17/h5-11,13,16,18H,3-4,21H2,1-2H3,(H,22,23). The molecule has 3 unspecified atom stereocenters. The summed E-state index contributed by atoms with van der Waals surface area (Å²) in [4.78, 5) is 4.36. The number of halogens is 2. The van der Waals surface area contributed by atoms with Crippen LogP contribution in [0.5, 0.6) is 0 Å². The Morgan fingerprint density at radius 2 is 1.87 bits per heavy atom. The van der Waals surface area contributed by atoms with Crippen LogP contribution in [0.25, 0.3) is 0 Å². The van der Waals surface area contributed by atoms with E-state index in [-0.39, 0.29) is 18.0 Å². The summed E-state index contributed by atoms with van der Waals surface area (Å²) in [5, 5.41) is 4.64. The second-order valence-electron chi connectivity index (χ2n) is 5.65. The van der Waals surface area contributed by atoms with E-state index < -0.39 is 0 Å². The Balaban J connectivity index is 2.32. The highest BCUT2D eigenvalue weighted by Crippen LogP contribution is 2.32. The maximum atomic E-state index is 6.40. The summed E-state index contributed by atoms with van der Waals surface area (Å²) in [5.74, 6) is 1.06. The Hall–Kier alpha value is -1.29. The van der Waals surface area contributed by atoms with Gasteiger partial charge in [-0.1, -0.05) is 49.2 Å². The van der Waals surface area contributed by atoms with Crippen LogP contribution < -0.4 is 11.1 Å². The van der Waals surface area contributed by atoms with Crippen LogP contribution in [0.15, 0.2) is 42.6 Å². The van der Waals surface area contributed by atoms with Gasteiger partial charge < -0.3 is 11.1 Å². The average Bonchev–Trinajstić information content (AvgIpc) is 2.58. The summed E-state index contributed by atoms with van der Waals surface area (Å²) in [6.45, 7) is 4.25. The molecule has 1 aromatic carbocycles. The van der Waals surface area contributed by atoms with Gasteiger partial charge in [0.2, 0.25) is 0 Å². The fraction of sp³-hybridized carbons (Fsp3) is 0.389. The molecule has 3 N–H and O–H groups in total. The fourth-order valence-electron chi connectivity index (χ4n) is 2.82. The molecule has 0 saturated carbocycles. The number of anilines is 1. The Kier molecular flexibility index (Phi) is 6.70. The smallest absolute Gasteiger partial charge is 0.126 e. The molecular formula is C18H23Cl2N3. The summed E-state index contributed by atoms with van der Waals surface area (Å²) in [6.07, 6.45) is 3.59. The topological polar surface area (TPSA) is 50.9 Å². The summed E-state index contributed by atoms with van der Waals surface area (Å²) in [6, 6.07) is 11.7. The molecule has 2 rings (SSSR count). The lowest BCUT2D eigenvalue weighted by atomic mass is 9.84. The molecule has 0 spiro atoms. The highest BCUT2D eigenvalue weighted by atomic mass is 35.5. The van der Waals surface area contributed by atoms with E-state index in [0.717, 1.165) is 24.2 Å². The van der Waals surface area contributed by atoms with E-state index in [1.165, 1.54) is 0 Å². The minimum absolute atomic E-state index is 0.0106. The van der Waals surface area contributed by atoms with Crippen molar-refractivity contribution in [2.24, 2.45) is 5.73 Å². The number of nitrogens with zero attached hydrogens (tertiary/aromatic N) is 1. The molecule has 0 radical (unpaired) electrons. The number of pyridine rings is 1. The quantitative estimate of drug-likeness (QED) is 0.729. The molecule has 124 valence electrons. The van der Waals surface area contributed by atoms with E-state index in [0.29, 0.717) is 10.0 Å². The molecule has 3 nitrogen and oxygen atoms in total. The van der Waals surface area contributed by atoms with E-state index in [4.69, 9.17) is 28.9 Å². The van der Waals surface area contributed by atoms with E-state index >= 15 is 0 Å². The van der Waals surface area contributed by atoms with Gasteiger partial charge in [-0.3, -0.25) is 0 Å². The van der Waals surface area contributed by atoms with Crippen molar-refractivity contribution in [1.82, 2.24) is 4.98 Å². The number of benzene rings is 1. The van der Waals surface area contributed by atoms with Crippen LogP contribution in [-0.2, 0) is 0 Å². The van der Waals surface area contributed by atoms with Crippen molar-refractivity contribution < 1.29 is 0 Å². The van der Waals surface area contributed by atoms with Crippen LogP contribution in [0.1, 0.15) is 38.2 Å². The van der Waals surface area contributed by atoms with E-state index in [2.05, 4.69) is 24.1 Å². The van der Waals surface area contributed by atoms with Crippen molar-refractivity contribution in [3.63, 3.8) is 0 Å². The minimum Gasteiger partial charge on any atom is -0.365 e. The highest BCUT2D eigenvalue weighted by molar-refractivity contribution is 6.42. The first-order chi connectivity index (χ1) is 11.1. The maximum Gasteiger partial charge on any atom is 0.126 e. The second kappa shape index (κ2) is 8.53. The predicted molar refractivity (Wildman–Crippen MR) is 99.4 cm³/mol. The van der Waals surface area contributed by atoms with Crippen LogP contribution in [0.4, 0.5) is 5.82 Å². The van der Waals surface area contributed by atoms with Gasteiger partial charge in [-0.15, -0.1) is 0 Å². The van der Waals surface area contributed by atoms with Crippen LogP contribution in [0.2, 0.25) is 10.0 Å². The second-order valence-corrected chi connectivity index (χ2v) is 6.46. The number of hydrogen-bond donors (Lipinski definition) is 2. The van der Waals surface area contributed by atoms with Gasteiger partial charge in [-0.25, -0.2) is 4.98 Å². The number of hydrogen-bond acceptors (Lipinski definition) is 3. The molecule has 0 aliphatic carbocycles. The zero-order chi connectivity index (χ0) is 16.8. The van der Waals surface area contributed by atoms with Gasteiger partial charge in [-0.2, -0.15) is 0 Å². The molecule has 0 amide bonds. The van der Waals surface area contributed by atoms with Crippen molar-refractivity contribution >= 4 is 29.0 Å². The molecule has 0 fully saturated rings. The van der Waals surface area contributed by atoms with Crippen molar-refractivity contribution in [2.45, 2.75) is 44.7 Å². The van der Waals surface area contributed by atoms with Crippen molar-refractivity contribution in [3.8, 4) is 0 Å². The fourth-order valence-corrected chi connectivity index (χ4v) is 3.13. The molecule has 0 aliphatic heterocycles. The van der Waals surface area contributed by atoms with Crippen molar-refractivity contribution in [1.29, 1.82) is 0 Å². The molecule has 0 aliphatic rings. The first-order valence-electron chi connectivity index (χ1n) is 7.94. The molecule has 23 heavy (non-hydrogen) atoms. The third-order valence-corrected chi connectivity index (χ3v) is 4.90. The van der Waals surface area contributed by atoms with Gasteiger partial charge in [0.15, 0.2) is 0 Å². The molecule has 0 saturated heterocycles. The molecule has 3 atom stereocenters. The normalized spacial score (nSPS) is 15.0. The van der Waals surface area contributed by atoms with E-state index in [1.54, 1.807) is 6.20 Å². The summed E-state index contributed by atoms with van der Waals surface area (Å²) in [5.41, 5.74) is 7.54. The lowest BCUT2D eigenvalue weighted by molar-refractivity contribution is 0.452. The van der Waals surface area contributed by atoms with E-state index in [9.17, 15) is 0 Å². The summed E-state index contributed by atoms with van der Waals surface area (Å²) in [7, 11) is 0. The molecule has 5 heteroatoms. The SMILES string of the molecule is CCC(N)C(Nc1ccccn1)C(CC)c1ccc(Cl)c(Cl)c1. The number of aromatic nitrogens is 1. The molecule has 1 heterocycles. The van der Waals surface area contributed by atoms with Crippen LogP contribution >= 0.6 is 23.2 Å². The Morgan fingerprint density at radius 3 is 2.43 bits per heavy atom. The van der Waals surface area contributed by atoms with Gasteiger partial charge in [-0.05, 0) is 42.7 Å². The summed E-state index contributed by atoms with van der Waals surface area (Å²) >= 11 is 12.2. The molecule has 0 bridgehead atoms. The first kappa shape index (κ1) is 18.1. The lowest BCUT2D eigenvalue weighted by Crippen LogP contribution is -2.44. The molecular weight excluding hydrogens is 329 g/mol. The monoisotopic (exact) mass is 351 g/mol. The zero-order valence-electron chi connectivity index (χ0n) is 13.5. The number of nitrogens with two attached hydrogens (primary N) is 1. The average molecular weight is 352 g/mol. The summed E-state index contributed by atoms with van der Waals surface area (Å²) < 4.78 is 0. The van der Waals surface area contributed by atoms with Gasteiger partial charge in [0.1, 0.15) is 5.82 Å². The van der Waals surface area contributed by atoms with Gasteiger partial charge in [0.05, 0.1) is 10.0 Å². The number of nitrogens with one attached hydrogen (secondary N) is 1. The predicted octanol–water partition coefficient (Wildman–Crippen LogP) is 5.10. The zero-order valence-corrected chi connectivity index (χ0v) is 15.0. The van der Waals surface area contributed by atoms with E-state index in [1.807, 2.05) is 36.4 Å². The van der Waals surface area contributed by atoms with Crippen molar-refractivity contribution in [2.75, 3.05) is 5.32 Å². The third-order valence-electron chi connectivity index (χ3n) is 4.16. The van der Waals surface area contributed by atoms with Crippen LogP contribution in [0, 0.1) is 0 Å². The van der Waals surface area contributed by atoms with Crippen LogP contribution in [0.3, 0.4) is 0 Å². The Morgan fingerprint density at radius 1 is 1.09 bits per heavy atom. The largest absolute Gasteiger partial charge is 0.365 e. The number of rotatable bonds is 7. The van der Waals surface area contributed by atoms with Crippen LogP contribution in [-0.4, -0.2) is 17.1 Å². The Labute approximate surface area is 148 Å².